The summed E-state index contributed by atoms with van der Waals surface area (Å²) >= 11 is 3.40. The quantitative estimate of drug-likeness (QED) is 0.938. The molecular formula is C11H9BrN4O2. The number of halogens is 1. The fourth-order valence-electron chi connectivity index (χ4n) is 1.77. The molecule has 1 N–H and O–H groups in total. The van der Waals surface area contributed by atoms with Gasteiger partial charge in [0.25, 0.3) is 0 Å². The second kappa shape index (κ2) is 4.16. The summed E-state index contributed by atoms with van der Waals surface area (Å²) in [5.74, 6) is 0.211. The first kappa shape index (κ1) is 11.3. The van der Waals surface area contributed by atoms with Gasteiger partial charge in [0.1, 0.15) is 0 Å². The number of nitrogens with zero attached hydrogens (tertiary/aromatic N) is 4. The molecule has 0 radical (unpaired) electrons. The van der Waals surface area contributed by atoms with Crippen molar-refractivity contribution in [3.63, 3.8) is 0 Å². The Kier molecular flexibility index (Phi) is 2.62. The van der Waals surface area contributed by atoms with Crippen LogP contribution in [0.15, 0.2) is 22.7 Å². The van der Waals surface area contributed by atoms with Crippen molar-refractivity contribution in [3.05, 3.63) is 34.1 Å². The third kappa shape index (κ3) is 1.90. The Morgan fingerprint density at radius 2 is 2.22 bits per heavy atom. The summed E-state index contributed by atoms with van der Waals surface area (Å²) in [6, 6.07) is 4.79. The lowest BCUT2D eigenvalue weighted by Gasteiger charge is -2.07. The second-order valence-electron chi connectivity index (χ2n) is 4.19. The highest BCUT2D eigenvalue weighted by Gasteiger charge is 2.30. The smallest absolute Gasteiger partial charge is 0.335 e. The molecule has 0 aliphatic heterocycles. The van der Waals surface area contributed by atoms with Crippen LogP contribution in [0, 0.1) is 0 Å². The molecule has 3 rings (SSSR count). The number of tetrazole rings is 1. The Morgan fingerprint density at radius 3 is 2.89 bits per heavy atom. The van der Waals surface area contributed by atoms with E-state index in [-0.39, 0.29) is 5.56 Å². The van der Waals surface area contributed by atoms with Crippen LogP contribution in [-0.2, 0) is 0 Å². The molecule has 1 aliphatic carbocycles. The van der Waals surface area contributed by atoms with Crippen molar-refractivity contribution in [2.45, 2.75) is 18.8 Å². The minimum absolute atomic E-state index is 0.213. The first-order valence-electron chi connectivity index (χ1n) is 5.48. The van der Waals surface area contributed by atoms with Crippen molar-refractivity contribution in [1.82, 2.24) is 20.2 Å². The fraction of sp³-hybridized carbons (Fsp3) is 0.273. The zero-order valence-electron chi connectivity index (χ0n) is 9.25. The highest BCUT2D eigenvalue weighted by Crippen LogP contribution is 2.39. The normalized spacial score (nSPS) is 14.7. The number of benzene rings is 1. The monoisotopic (exact) mass is 308 g/mol. The molecule has 6 nitrogen and oxygen atoms in total. The summed E-state index contributed by atoms with van der Waals surface area (Å²) in [6.07, 6.45) is 2.16. The topological polar surface area (TPSA) is 80.9 Å². The van der Waals surface area contributed by atoms with Gasteiger partial charge in [-0.25, -0.2) is 4.79 Å². The lowest BCUT2D eigenvalue weighted by atomic mass is 10.2. The number of aromatic nitrogens is 4. The van der Waals surface area contributed by atoms with Crippen molar-refractivity contribution in [2.24, 2.45) is 0 Å². The highest BCUT2D eigenvalue weighted by molar-refractivity contribution is 9.10. The summed E-state index contributed by atoms with van der Waals surface area (Å²) in [5, 5.41) is 20.6. The third-order valence-electron chi connectivity index (χ3n) is 2.86. The van der Waals surface area contributed by atoms with E-state index in [1.54, 1.807) is 16.8 Å². The predicted molar refractivity (Wildman–Crippen MR) is 65.8 cm³/mol. The summed E-state index contributed by atoms with van der Waals surface area (Å²) in [4.78, 5) is 11.0. The molecule has 18 heavy (non-hydrogen) atoms. The maximum absolute atomic E-state index is 11.0. The Morgan fingerprint density at radius 1 is 1.44 bits per heavy atom. The molecule has 7 heteroatoms. The zero-order valence-corrected chi connectivity index (χ0v) is 10.8. The summed E-state index contributed by atoms with van der Waals surface area (Å²) in [7, 11) is 0. The molecule has 0 spiro atoms. The van der Waals surface area contributed by atoms with Crippen molar-refractivity contribution < 1.29 is 9.90 Å². The Labute approximate surface area is 111 Å². The van der Waals surface area contributed by atoms with Gasteiger partial charge in [-0.1, -0.05) is 0 Å². The molecule has 2 aromatic rings. The van der Waals surface area contributed by atoms with E-state index >= 15 is 0 Å². The van der Waals surface area contributed by atoms with Crippen molar-refractivity contribution >= 4 is 21.9 Å². The molecule has 1 aromatic carbocycles. The van der Waals surface area contributed by atoms with Crippen LogP contribution in [0.5, 0.6) is 0 Å². The molecule has 0 amide bonds. The van der Waals surface area contributed by atoms with Gasteiger partial charge in [-0.05, 0) is 57.4 Å². The van der Waals surface area contributed by atoms with Crippen molar-refractivity contribution in [3.8, 4) is 5.69 Å². The SMILES string of the molecule is O=C(O)c1ccc(Br)c(-n2nnnc2C2CC2)c1. The van der Waals surface area contributed by atoms with E-state index in [9.17, 15) is 4.79 Å². The number of hydrogen-bond donors (Lipinski definition) is 1. The molecule has 1 aromatic heterocycles. The molecule has 0 unspecified atom stereocenters. The summed E-state index contributed by atoms with van der Waals surface area (Å²) in [6.45, 7) is 0. The molecule has 0 atom stereocenters. The van der Waals surface area contributed by atoms with E-state index in [0.717, 1.165) is 23.1 Å². The van der Waals surface area contributed by atoms with E-state index in [0.29, 0.717) is 11.6 Å². The second-order valence-corrected chi connectivity index (χ2v) is 5.05. The number of aromatic carboxylic acids is 1. The van der Waals surface area contributed by atoms with Gasteiger partial charge in [0, 0.05) is 10.4 Å². The maximum atomic E-state index is 11.0. The van der Waals surface area contributed by atoms with Gasteiger partial charge in [-0.3, -0.25) is 0 Å². The zero-order chi connectivity index (χ0) is 12.7. The van der Waals surface area contributed by atoms with E-state index in [2.05, 4.69) is 31.5 Å². The third-order valence-corrected chi connectivity index (χ3v) is 3.53. The van der Waals surface area contributed by atoms with E-state index in [4.69, 9.17) is 5.11 Å². The Balaban J connectivity index is 2.12. The largest absolute Gasteiger partial charge is 0.478 e. The van der Waals surface area contributed by atoms with Gasteiger partial charge >= 0.3 is 5.97 Å². The Hall–Kier alpha value is -1.76. The maximum Gasteiger partial charge on any atom is 0.335 e. The molecule has 92 valence electrons. The van der Waals surface area contributed by atoms with Crippen LogP contribution < -0.4 is 0 Å². The number of hydrogen-bond acceptors (Lipinski definition) is 4. The predicted octanol–water partition coefficient (Wildman–Crippen LogP) is 2.00. The van der Waals surface area contributed by atoms with E-state index < -0.39 is 5.97 Å². The molecule has 0 saturated heterocycles. The number of carboxylic acids is 1. The van der Waals surface area contributed by atoms with Gasteiger partial charge in [0.05, 0.1) is 11.3 Å². The summed E-state index contributed by atoms with van der Waals surface area (Å²) < 4.78 is 2.37. The molecule has 1 heterocycles. The van der Waals surface area contributed by atoms with Crippen molar-refractivity contribution in [1.29, 1.82) is 0 Å². The van der Waals surface area contributed by atoms with Crippen LogP contribution in [0.1, 0.15) is 34.9 Å². The van der Waals surface area contributed by atoms with Crippen LogP contribution in [0.2, 0.25) is 0 Å². The molecule has 1 saturated carbocycles. The van der Waals surface area contributed by atoms with Crippen LogP contribution in [0.3, 0.4) is 0 Å². The minimum atomic E-state index is -0.968. The average molecular weight is 309 g/mol. The number of carbonyl (C=O) groups is 1. The van der Waals surface area contributed by atoms with Crippen LogP contribution >= 0.6 is 15.9 Å². The Bertz CT molecular complexity index is 621. The van der Waals surface area contributed by atoms with Gasteiger partial charge < -0.3 is 5.11 Å². The molecule has 0 bridgehead atoms. The molecular weight excluding hydrogens is 300 g/mol. The minimum Gasteiger partial charge on any atom is -0.478 e. The van der Waals surface area contributed by atoms with E-state index in [1.807, 2.05) is 0 Å². The lowest BCUT2D eigenvalue weighted by Crippen LogP contribution is -2.05. The standard InChI is InChI=1S/C11H9BrN4O2/c12-8-4-3-7(11(17)18)5-9(8)16-10(6-1-2-6)13-14-15-16/h3-6H,1-2H2,(H,17,18). The highest BCUT2D eigenvalue weighted by atomic mass is 79.9. The van der Waals surface area contributed by atoms with E-state index in [1.165, 1.54) is 6.07 Å². The van der Waals surface area contributed by atoms with Crippen LogP contribution in [0.25, 0.3) is 5.69 Å². The van der Waals surface area contributed by atoms with Crippen molar-refractivity contribution in [2.75, 3.05) is 0 Å². The van der Waals surface area contributed by atoms with Gasteiger partial charge in [0.2, 0.25) is 0 Å². The molecule has 1 fully saturated rings. The number of carboxylic acid groups (broad SMARTS) is 1. The average Bonchev–Trinajstić information content (AvgIpc) is 3.08. The van der Waals surface area contributed by atoms with Crippen LogP contribution in [-0.4, -0.2) is 31.3 Å². The van der Waals surface area contributed by atoms with Gasteiger partial charge in [-0.2, -0.15) is 4.68 Å². The van der Waals surface area contributed by atoms with Gasteiger partial charge in [0.15, 0.2) is 5.82 Å². The first-order valence-corrected chi connectivity index (χ1v) is 6.27. The summed E-state index contributed by atoms with van der Waals surface area (Å²) in [5.41, 5.74) is 0.868. The number of rotatable bonds is 3. The fourth-order valence-corrected chi connectivity index (χ4v) is 2.18. The first-order chi connectivity index (χ1) is 8.66. The lowest BCUT2D eigenvalue weighted by molar-refractivity contribution is 0.0697. The molecule has 1 aliphatic rings. The van der Waals surface area contributed by atoms with Crippen LogP contribution in [0.4, 0.5) is 0 Å². The van der Waals surface area contributed by atoms with Gasteiger partial charge in [-0.15, -0.1) is 5.10 Å².